The van der Waals surface area contributed by atoms with Gasteiger partial charge in [-0.2, -0.15) is 0 Å². The predicted molar refractivity (Wildman–Crippen MR) is 133 cm³/mol. The number of piperidine rings is 1. The van der Waals surface area contributed by atoms with Crippen molar-refractivity contribution in [3.63, 3.8) is 0 Å². The molecular weight excluding hydrogens is 418 g/mol. The normalized spacial score (nSPS) is 28.4. The monoisotopic (exact) mass is 445 g/mol. The van der Waals surface area contributed by atoms with Crippen LogP contribution in [0.3, 0.4) is 0 Å². The van der Waals surface area contributed by atoms with Crippen LogP contribution in [-0.4, -0.2) is 5.78 Å². The second kappa shape index (κ2) is 9.02. The Labute approximate surface area is 200 Å². The Kier molecular flexibility index (Phi) is 5.58. The Balaban J connectivity index is 1.52. The molecule has 2 saturated heterocycles. The first-order valence-electron chi connectivity index (χ1n) is 12.0. The van der Waals surface area contributed by atoms with Gasteiger partial charge in [0.1, 0.15) is 5.78 Å². The van der Waals surface area contributed by atoms with E-state index < -0.39 is 0 Å². The first-order valence-corrected chi connectivity index (χ1v) is 12.0. The van der Waals surface area contributed by atoms with Crippen molar-refractivity contribution in [2.75, 3.05) is 0 Å². The van der Waals surface area contributed by atoms with Crippen molar-refractivity contribution in [2.24, 2.45) is 11.8 Å². The third-order valence-corrected chi connectivity index (χ3v) is 7.25. The summed E-state index contributed by atoms with van der Waals surface area (Å²) >= 11 is 0. The molecule has 1 N–H and O–H groups in total. The summed E-state index contributed by atoms with van der Waals surface area (Å²) in [7, 11) is 0. The second-order valence-electron chi connectivity index (χ2n) is 9.20. The van der Waals surface area contributed by atoms with Gasteiger partial charge >= 0.3 is 0 Å². The Bertz CT molecular complexity index is 1050. The highest BCUT2D eigenvalue weighted by Crippen LogP contribution is 2.55. The zero-order valence-corrected chi connectivity index (χ0v) is 18.8. The van der Waals surface area contributed by atoms with E-state index in [0.717, 1.165) is 22.3 Å². The van der Waals surface area contributed by atoms with E-state index in [2.05, 4.69) is 53.8 Å². The summed E-state index contributed by atoms with van der Waals surface area (Å²) in [4.78, 5) is 14.4. The summed E-state index contributed by atoms with van der Waals surface area (Å²) in [5.74, 6) is -0.347. The predicted octanol–water partition coefficient (Wildman–Crippen LogP) is 6.39. The molecule has 0 radical (unpaired) electrons. The number of nitrogens with one attached hydrogen (secondary N) is 1. The summed E-state index contributed by atoms with van der Waals surface area (Å²) in [6.45, 7) is 0. The number of benzene rings is 4. The minimum Gasteiger partial charge on any atom is -0.364 e. The van der Waals surface area contributed by atoms with Gasteiger partial charge in [0.2, 0.25) is 0 Å². The van der Waals surface area contributed by atoms with E-state index >= 15 is 0 Å². The van der Waals surface area contributed by atoms with E-state index in [4.69, 9.17) is 4.74 Å². The molecule has 2 aliphatic heterocycles. The van der Waals surface area contributed by atoms with Crippen LogP contribution in [0.2, 0.25) is 0 Å². The Morgan fingerprint density at radius 2 is 0.794 bits per heavy atom. The maximum Gasteiger partial charge on any atom is 0.148 e. The van der Waals surface area contributed by atoms with Crippen LogP contribution in [0.25, 0.3) is 0 Å². The second-order valence-corrected chi connectivity index (χ2v) is 9.20. The van der Waals surface area contributed by atoms with E-state index in [9.17, 15) is 4.79 Å². The third-order valence-electron chi connectivity index (χ3n) is 7.25. The molecule has 4 aromatic carbocycles. The lowest BCUT2D eigenvalue weighted by Crippen LogP contribution is -2.56. The van der Waals surface area contributed by atoms with Gasteiger partial charge in [0.05, 0.1) is 24.0 Å². The Morgan fingerprint density at radius 1 is 0.471 bits per heavy atom. The number of fused-ring (bicyclic) bond motifs is 2. The van der Waals surface area contributed by atoms with Gasteiger partial charge in [0.15, 0.2) is 0 Å². The molecule has 4 aromatic rings. The van der Waals surface area contributed by atoms with Crippen LogP contribution in [0.15, 0.2) is 121 Å². The van der Waals surface area contributed by atoms with Crippen LogP contribution in [0.1, 0.15) is 46.5 Å². The minimum absolute atomic E-state index is 0.142. The minimum atomic E-state index is -0.329. The fraction of sp³-hybridized carbons (Fsp3) is 0.194. The van der Waals surface area contributed by atoms with Crippen LogP contribution in [0, 0.1) is 11.8 Å². The molecule has 6 atom stereocenters. The first kappa shape index (κ1) is 21.0. The molecule has 0 spiro atoms. The molecular formula is C31H27NO2. The van der Waals surface area contributed by atoms with Crippen LogP contribution in [0.5, 0.6) is 0 Å². The number of hydrogen-bond donors (Lipinski definition) is 1. The zero-order valence-electron chi connectivity index (χ0n) is 18.8. The topological polar surface area (TPSA) is 38.3 Å². The summed E-state index contributed by atoms with van der Waals surface area (Å²) in [5, 5.41) is 3.92. The largest absolute Gasteiger partial charge is 0.364 e. The summed E-state index contributed by atoms with van der Waals surface area (Å²) in [6.07, 6.45) is -0.658. The van der Waals surface area contributed by atoms with Gasteiger partial charge in [-0.1, -0.05) is 121 Å². The van der Waals surface area contributed by atoms with Gasteiger partial charge in [-0.15, -0.1) is 0 Å². The number of carbonyl (C=O) groups excluding carboxylic acids is 1. The molecule has 0 unspecified atom stereocenters. The van der Waals surface area contributed by atoms with Crippen molar-refractivity contribution in [3.8, 4) is 0 Å². The number of carbonyl (C=O) groups is 1. The lowest BCUT2D eigenvalue weighted by Gasteiger charge is -2.52. The molecule has 2 heterocycles. The molecule has 0 amide bonds. The van der Waals surface area contributed by atoms with E-state index in [1.165, 1.54) is 0 Å². The van der Waals surface area contributed by atoms with Crippen molar-refractivity contribution in [2.45, 2.75) is 24.3 Å². The average Bonchev–Trinajstić information content (AvgIpc) is 2.91. The van der Waals surface area contributed by atoms with Crippen molar-refractivity contribution >= 4 is 5.78 Å². The van der Waals surface area contributed by atoms with E-state index in [1.807, 2.05) is 72.8 Å². The van der Waals surface area contributed by atoms with Crippen molar-refractivity contribution in [1.82, 2.24) is 5.32 Å². The van der Waals surface area contributed by atoms with Crippen LogP contribution >= 0.6 is 0 Å². The highest BCUT2D eigenvalue weighted by molar-refractivity contribution is 5.88. The summed E-state index contributed by atoms with van der Waals surface area (Å²) in [6, 6.07) is 40.7. The van der Waals surface area contributed by atoms with Crippen molar-refractivity contribution in [1.29, 1.82) is 0 Å². The molecule has 34 heavy (non-hydrogen) atoms. The van der Waals surface area contributed by atoms with Crippen molar-refractivity contribution < 1.29 is 9.53 Å². The van der Waals surface area contributed by atoms with Crippen LogP contribution in [-0.2, 0) is 9.53 Å². The van der Waals surface area contributed by atoms with Gasteiger partial charge < -0.3 is 10.1 Å². The number of Topliss-reactive ketones (excluding diaryl/α,β-unsaturated/α-hetero) is 1. The van der Waals surface area contributed by atoms with E-state index in [0.29, 0.717) is 0 Å². The molecule has 3 heteroatoms. The molecule has 6 rings (SSSR count). The summed E-state index contributed by atoms with van der Waals surface area (Å²) < 4.78 is 6.94. The highest BCUT2D eigenvalue weighted by atomic mass is 16.5. The van der Waals surface area contributed by atoms with Gasteiger partial charge in [0, 0.05) is 12.1 Å². The van der Waals surface area contributed by atoms with E-state index in [1.54, 1.807) is 0 Å². The molecule has 2 bridgehead atoms. The highest BCUT2D eigenvalue weighted by Gasteiger charge is 2.56. The van der Waals surface area contributed by atoms with Gasteiger partial charge in [0.25, 0.3) is 0 Å². The maximum atomic E-state index is 14.4. The van der Waals surface area contributed by atoms with Crippen molar-refractivity contribution in [3.05, 3.63) is 144 Å². The fourth-order valence-electron chi connectivity index (χ4n) is 5.71. The first-order chi connectivity index (χ1) is 16.8. The molecule has 168 valence electrons. The summed E-state index contributed by atoms with van der Waals surface area (Å²) in [5.41, 5.74) is 4.31. The molecule has 2 aliphatic rings. The van der Waals surface area contributed by atoms with Crippen LogP contribution in [0.4, 0.5) is 0 Å². The van der Waals surface area contributed by atoms with Gasteiger partial charge in [-0.05, 0) is 22.3 Å². The number of ketones is 1. The lowest BCUT2D eigenvalue weighted by atomic mass is 9.66. The third kappa shape index (κ3) is 3.67. The zero-order chi connectivity index (χ0) is 22.9. The molecule has 0 saturated carbocycles. The quantitative estimate of drug-likeness (QED) is 0.396. The van der Waals surface area contributed by atoms with E-state index in [-0.39, 0.29) is 41.9 Å². The van der Waals surface area contributed by atoms with Gasteiger partial charge in [-0.25, -0.2) is 0 Å². The SMILES string of the molecule is O=C1[C@H]2[C@@H](c3ccccc3)N[C@@H](c3ccccc3)[C@H]1[C@H](c1ccccc1)O[C@H]2c1ccccc1. The molecule has 0 aliphatic carbocycles. The molecule has 2 fully saturated rings. The Morgan fingerprint density at radius 3 is 1.15 bits per heavy atom. The lowest BCUT2D eigenvalue weighted by molar-refractivity contribution is -0.177. The number of ether oxygens (including phenoxy) is 1. The smallest absolute Gasteiger partial charge is 0.148 e. The fourth-order valence-corrected chi connectivity index (χ4v) is 5.71. The van der Waals surface area contributed by atoms with Gasteiger partial charge in [-0.3, -0.25) is 4.79 Å². The standard InChI is InChI=1S/C31H27NO2/c33-29-25-27(21-13-5-1-6-14-21)32-28(22-15-7-2-8-16-22)26(29)31(24-19-11-4-12-20-24)34-30(25)23-17-9-3-10-18-23/h1-20,25-28,30-32H/t25-,26-,27-,28+,30+,31+/m1/s1. The average molecular weight is 446 g/mol. The molecule has 0 aromatic heterocycles. The Hall–Kier alpha value is -3.53. The van der Waals surface area contributed by atoms with Crippen LogP contribution < -0.4 is 5.32 Å². The molecule has 3 nitrogen and oxygen atoms in total. The number of hydrogen-bond acceptors (Lipinski definition) is 3. The number of rotatable bonds is 4. The maximum absolute atomic E-state index is 14.4.